The molecule has 1 heterocycles. The topological polar surface area (TPSA) is 124 Å². The number of esters is 1. The summed E-state index contributed by atoms with van der Waals surface area (Å²) in [6, 6.07) is 0. The van der Waals surface area contributed by atoms with E-state index in [1.807, 2.05) is 0 Å². The number of hydrogen-bond donors (Lipinski definition) is 4. The largest absolute Gasteiger partial charge is 0.481 e. The lowest BCUT2D eigenvalue weighted by atomic mass is 9.57. The fourth-order valence-corrected chi connectivity index (χ4v) is 7.69. The number of ether oxygens (including phenoxy) is 1. The van der Waals surface area contributed by atoms with Crippen molar-refractivity contribution >= 4 is 11.9 Å². The molecule has 142 valence electrons. The van der Waals surface area contributed by atoms with Gasteiger partial charge in [-0.25, -0.2) is 0 Å². The number of aliphatic hydroxyl groups excluding tert-OH is 3. The maximum atomic E-state index is 12.8. The molecule has 0 unspecified atom stereocenters. The van der Waals surface area contributed by atoms with Crippen molar-refractivity contribution in [2.24, 2.45) is 34.5 Å². The van der Waals surface area contributed by atoms with Crippen LogP contribution in [0.4, 0.5) is 0 Å². The van der Waals surface area contributed by atoms with Crippen LogP contribution < -0.4 is 0 Å². The molecule has 5 rings (SSSR count). The molecule has 5 fully saturated rings. The molecule has 7 nitrogen and oxygen atoms in total. The van der Waals surface area contributed by atoms with Crippen LogP contribution in [0.15, 0.2) is 12.2 Å². The molecule has 4 N–H and O–H groups in total. The SMILES string of the molecule is C=C1C[C@@]23C[C@H]1CC[C@@H]2[C@@]12OC(=O)[C@@](C)([C@H](O)[C@H](O)[C@@H]1O)[C@@H]2[C@H]3C(=O)O. The zero-order valence-corrected chi connectivity index (χ0v) is 14.6. The van der Waals surface area contributed by atoms with E-state index in [1.165, 1.54) is 6.92 Å². The van der Waals surface area contributed by atoms with E-state index in [0.29, 0.717) is 19.3 Å². The Bertz CT molecular complexity index is 748. The predicted octanol–water partition coefficient (Wildman–Crippen LogP) is 0.0778. The minimum Gasteiger partial charge on any atom is -0.481 e. The molecule has 10 atom stereocenters. The van der Waals surface area contributed by atoms with Crippen LogP contribution in [0.3, 0.4) is 0 Å². The van der Waals surface area contributed by atoms with E-state index in [4.69, 9.17) is 4.74 Å². The van der Waals surface area contributed by atoms with E-state index in [9.17, 15) is 30.0 Å². The third-order valence-electron chi connectivity index (χ3n) is 8.59. The molecule has 1 spiro atoms. The van der Waals surface area contributed by atoms with E-state index in [2.05, 4.69) is 6.58 Å². The maximum absolute atomic E-state index is 12.8. The molecule has 1 saturated heterocycles. The molecule has 4 aliphatic carbocycles. The summed E-state index contributed by atoms with van der Waals surface area (Å²) in [6.07, 6.45) is -2.00. The second-order valence-electron chi connectivity index (χ2n) is 9.30. The van der Waals surface area contributed by atoms with E-state index >= 15 is 0 Å². The first-order valence-electron chi connectivity index (χ1n) is 9.30. The molecule has 4 bridgehead atoms. The number of aliphatic hydroxyl groups is 3. The van der Waals surface area contributed by atoms with Gasteiger partial charge < -0.3 is 25.2 Å². The Balaban J connectivity index is 1.80. The van der Waals surface area contributed by atoms with Crippen molar-refractivity contribution in [2.75, 3.05) is 0 Å². The van der Waals surface area contributed by atoms with Gasteiger partial charge in [0.15, 0.2) is 0 Å². The van der Waals surface area contributed by atoms with Crippen molar-refractivity contribution in [3.8, 4) is 0 Å². The minimum absolute atomic E-state index is 0.249. The van der Waals surface area contributed by atoms with Gasteiger partial charge in [-0.15, -0.1) is 0 Å². The molecule has 0 amide bonds. The van der Waals surface area contributed by atoms with E-state index in [-0.39, 0.29) is 11.8 Å². The zero-order valence-electron chi connectivity index (χ0n) is 14.6. The molecule has 1 aliphatic heterocycles. The Morgan fingerprint density at radius 3 is 2.58 bits per heavy atom. The van der Waals surface area contributed by atoms with Crippen LogP contribution in [0.2, 0.25) is 0 Å². The van der Waals surface area contributed by atoms with Gasteiger partial charge in [0.05, 0.1) is 12.0 Å². The highest BCUT2D eigenvalue weighted by Crippen LogP contribution is 2.77. The minimum atomic E-state index is -1.57. The van der Waals surface area contributed by atoms with Crippen molar-refractivity contribution in [1.29, 1.82) is 0 Å². The molecule has 7 heteroatoms. The molecule has 0 radical (unpaired) electrons. The average Bonchev–Trinajstić information content (AvgIpc) is 3.07. The highest BCUT2D eigenvalue weighted by Gasteiger charge is 2.86. The fourth-order valence-electron chi connectivity index (χ4n) is 7.69. The smallest absolute Gasteiger partial charge is 0.315 e. The molecule has 0 aromatic carbocycles. The number of hydrogen-bond acceptors (Lipinski definition) is 6. The first-order valence-corrected chi connectivity index (χ1v) is 9.30. The standard InChI is InChI=1S/C19H24O7/c1-7-5-18-6-8(7)3-4-9(18)19-12(10(18)15(23)24)17(2,16(25)26-19)13(21)11(20)14(19)22/h8-14,20-22H,1,3-6H2,2H3,(H,23,24)/t8-,9+,10+,11+,12+,13-,14+,17-,18-,19+/m1/s1. The third-order valence-corrected chi connectivity index (χ3v) is 8.59. The molecular formula is C19H24O7. The Morgan fingerprint density at radius 1 is 1.23 bits per heavy atom. The summed E-state index contributed by atoms with van der Waals surface area (Å²) in [5.74, 6) is -3.66. The number of aliphatic carboxylic acids is 1. The van der Waals surface area contributed by atoms with Gasteiger partial charge in [-0.3, -0.25) is 9.59 Å². The average molecular weight is 364 g/mol. The molecule has 26 heavy (non-hydrogen) atoms. The van der Waals surface area contributed by atoms with E-state index in [1.54, 1.807) is 0 Å². The van der Waals surface area contributed by atoms with Crippen molar-refractivity contribution in [2.45, 2.75) is 56.5 Å². The van der Waals surface area contributed by atoms with Crippen LogP contribution in [0, 0.1) is 34.5 Å². The zero-order chi connectivity index (χ0) is 18.8. The van der Waals surface area contributed by atoms with Crippen LogP contribution in [-0.2, 0) is 14.3 Å². The summed E-state index contributed by atoms with van der Waals surface area (Å²) in [4.78, 5) is 25.2. The highest BCUT2D eigenvalue weighted by atomic mass is 16.6. The number of fused-ring (bicyclic) bond motifs is 1. The second kappa shape index (κ2) is 4.51. The Kier molecular flexibility index (Phi) is 2.90. The second-order valence-corrected chi connectivity index (χ2v) is 9.30. The number of carbonyl (C=O) groups is 2. The molecule has 5 aliphatic rings. The Labute approximate surface area is 150 Å². The van der Waals surface area contributed by atoms with Crippen LogP contribution in [0.25, 0.3) is 0 Å². The van der Waals surface area contributed by atoms with Crippen LogP contribution in [0.1, 0.15) is 32.6 Å². The van der Waals surface area contributed by atoms with Gasteiger partial charge in [-0.2, -0.15) is 0 Å². The fraction of sp³-hybridized carbons (Fsp3) is 0.789. The summed E-state index contributed by atoms with van der Waals surface area (Å²) in [5.41, 5.74) is -2.63. The van der Waals surface area contributed by atoms with Crippen molar-refractivity contribution < 1.29 is 34.8 Å². The monoisotopic (exact) mass is 364 g/mol. The van der Waals surface area contributed by atoms with Crippen molar-refractivity contribution in [1.82, 2.24) is 0 Å². The number of carbonyl (C=O) groups excluding carboxylic acids is 1. The molecule has 4 saturated carbocycles. The predicted molar refractivity (Wildman–Crippen MR) is 86.6 cm³/mol. The summed E-state index contributed by atoms with van der Waals surface area (Å²) in [6.45, 7) is 5.62. The van der Waals surface area contributed by atoms with Gasteiger partial charge in [0.1, 0.15) is 23.2 Å². The Hall–Kier alpha value is -1.44. The maximum Gasteiger partial charge on any atom is 0.315 e. The lowest BCUT2D eigenvalue weighted by molar-refractivity contribution is -0.216. The lowest BCUT2D eigenvalue weighted by Gasteiger charge is -2.49. The molecular weight excluding hydrogens is 340 g/mol. The summed E-state index contributed by atoms with van der Waals surface area (Å²) < 4.78 is 5.78. The summed E-state index contributed by atoms with van der Waals surface area (Å²) >= 11 is 0. The van der Waals surface area contributed by atoms with Gasteiger partial charge in [-0.1, -0.05) is 12.2 Å². The molecule has 0 aromatic heterocycles. The quantitative estimate of drug-likeness (QED) is 0.384. The lowest BCUT2D eigenvalue weighted by Crippen LogP contribution is -2.67. The van der Waals surface area contributed by atoms with Crippen LogP contribution in [0.5, 0.6) is 0 Å². The van der Waals surface area contributed by atoms with Crippen molar-refractivity contribution in [3.63, 3.8) is 0 Å². The van der Waals surface area contributed by atoms with Gasteiger partial charge in [0.2, 0.25) is 0 Å². The number of carboxylic acid groups (broad SMARTS) is 1. The van der Waals surface area contributed by atoms with Gasteiger partial charge in [-0.05, 0) is 43.9 Å². The first kappa shape index (κ1) is 16.7. The summed E-state index contributed by atoms with van der Waals surface area (Å²) in [5, 5.41) is 42.2. The van der Waals surface area contributed by atoms with Gasteiger partial charge in [0.25, 0.3) is 0 Å². The van der Waals surface area contributed by atoms with Crippen LogP contribution in [-0.4, -0.2) is 56.3 Å². The number of rotatable bonds is 1. The van der Waals surface area contributed by atoms with Gasteiger partial charge in [0, 0.05) is 11.8 Å². The first-order chi connectivity index (χ1) is 12.1. The number of carboxylic acids is 1. The Morgan fingerprint density at radius 2 is 1.92 bits per heavy atom. The third kappa shape index (κ3) is 1.40. The van der Waals surface area contributed by atoms with Gasteiger partial charge >= 0.3 is 11.9 Å². The number of allylic oxidation sites excluding steroid dienone is 1. The van der Waals surface area contributed by atoms with Crippen LogP contribution >= 0.6 is 0 Å². The van der Waals surface area contributed by atoms with E-state index in [0.717, 1.165) is 12.0 Å². The summed E-state index contributed by atoms with van der Waals surface area (Å²) in [7, 11) is 0. The molecule has 0 aromatic rings. The van der Waals surface area contributed by atoms with Crippen molar-refractivity contribution in [3.05, 3.63) is 12.2 Å². The highest BCUT2D eigenvalue weighted by molar-refractivity contribution is 5.86. The van der Waals surface area contributed by atoms with E-state index < -0.39 is 58.5 Å². The normalized spacial score (nSPS) is 59.8.